The molecule has 0 bridgehead atoms. The van der Waals surface area contributed by atoms with Gasteiger partial charge in [0, 0.05) is 19.4 Å². The first-order valence-corrected chi connectivity index (χ1v) is 6.03. The molecule has 16 heavy (non-hydrogen) atoms. The third kappa shape index (κ3) is 3.40. The first-order valence-electron chi connectivity index (χ1n) is 6.03. The summed E-state index contributed by atoms with van der Waals surface area (Å²) in [5, 5.41) is 0. The maximum atomic E-state index is 3.39. The second kappa shape index (κ2) is 5.72. The van der Waals surface area contributed by atoms with E-state index in [0.717, 1.165) is 18.7 Å². The van der Waals surface area contributed by atoms with Gasteiger partial charge in [0.15, 0.2) is 5.54 Å². The van der Waals surface area contributed by atoms with Crippen LogP contribution in [0.1, 0.15) is 33.3 Å². The molecule has 0 atom stereocenters. The Bertz CT molecular complexity index is 363. The smallest absolute Gasteiger partial charge is 0.154 e. The Hall–Kier alpha value is -1.26. The van der Waals surface area contributed by atoms with Crippen molar-refractivity contribution in [2.75, 3.05) is 13.1 Å². The molecule has 0 fully saturated rings. The molecule has 0 saturated carbocycles. The van der Waals surface area contributed by atoms with Gasteiger partial charge < -0.3 is 4.90 Å². The van der Waals surface area contributed by atoms with Crippen molar-refractivity contribution in [3.63, 3.8) is 0 Å². The minimum atomic E-state index is 0.0271. The number of rotatable bonds is 3. The molecule has 0 aliphatic heterocycles. The highest BCUT2D eigenvalue weighted by Gasteiger charge is 2.25. The Kier molecular flexibility index (Phi) is 4.58. The summed E-state index contributed by atoms with van der Waals surface area (Å²) in [6.07, 6.45) is 0. The zero-order valence-corrected chi connectivity index (χ0v) is 10.8. The van der Waals surface area contributed by atoms with Gasteiger partial charge in [0.1, 0.15) is 0 Å². The average molecular weight is 216 g/mol. The summed E-state index contributed by atoms with van der Waals surface area (Å²) in [5.41, 5.74) is 1.13. The average Bonchev–Trinajstić information content (AvgIpc) is 2.29. The monoisotopic (exact) mass is 216 g/mol. The predicted octanol–water partition coefficient (Wildman–Crippen LogP) is 1.74. The Balaban J connectivity index is 2.84. The zero-order valence-electron chi connectivity index (χ0n) is 10.8. The van der Waals surface area contributed by atoms with E-state index in [9.17, 15) is 0 Å². The Morgan fingerprint density at radius 3 is 2.12 bits per heavy atom. The summed E-state index contributed by atoms with van der Waals surface area (Å²) in [6, 6.07) is 10.2. The Morgan fingerprint density at radius 2 is 1.62 bits per heavy atom. The van der Waals surface area contributed by atoms with Crippen LogP contribution in [0.3, 0.4) is 0 Å². The van der Waals surface area contributed by atoms with Gasteiger partial charge in [-0.3, -0.25) is 0 Å². The van der Waals surface area contributed by atoms with E-state index in [1.807, 2.05) is 18.2 Å². The first-order chi connectivity index (χ1) is 7.60. The number of benzene rings is 1. The zero-order chi connectivity index (χ0) is 12.0. The second-order valence-electron chi connectivity index (χ2n) is 4.55. The van der Waals surface area contributed by atoms with Crippen molar-refractivity contribution in [1.29, 1.82) is 0 Å². The largest absolute Gasteiger partial charge is 0.321 e. The van der Waals surface area contributed by atoms with Gasteiger partial charge in [0.25, 0.3) is 0 Å². The quantitative estimate of drug-likeness (QED) is 0.734. The minimum Gasteiger partial charge on any atom is -0.321 e. The molecule has 0 aliphatic rings. The number of quaternary nitrogens is 1. The van der Waals surface area contributed by atoms with Gasteiger partial charge in [-0.05, 0) is 31.9 Å². The molecule has 0 spiro atoms. The molecule has 0 heterocycles. The SMILES string of the molecule is CC[NH+](CC)C(C)(C)C#Cc1ccccc1. The van der Waals surface area contributed by atoms with Crippen molar-refractivity contribution < 1.29 is 4.90 Å². The lowest BCUT2D eigenvalue weighted by Gasteiger charge is -2.29. The van der Waals surface area contributed by atoms with Crippen molar-refractivity contribution in [3.05, 3.63) is 35.9 Å². The van der Waals surface area contributed by atoms with Crippen LogP contribution in [0.5, 0.6) is 0 Å². The summed E-state index contributed by atoms with van der Waals surface area (Å²) < 4.78 is 0. The highest BCUT2D eigenvalue weighted by Crippen LogP contribution is 1.98. The van der Waals surface area contributed by atoms with E-state index >= 15 is 0 Å². The number of hydrogen-bond acceptors (Lipinski definition) is 0. The van der Waals surface area contributed by atoms with Crippen molar-refractivity contribution in [2.24, 2.45) is 0 Å². The van der Waals surface area contributed by atoms with Crippen molar-refractivity contribution in [3.8, 4) is 11.8 Å². The molecule has 0 radical (unpaired) electrons. The molecule has 1 heteroatoms. The van der Waals surface area contributed by atoms with Crippen molar-refractivity contribution >= 4 is 0 Å². The molecule has 1 nitrogen and oxygen atoms in total. The van der Waals surface area contributed by atoms with Crippen LogP contribution in [0.2, 0.25) is 0 Å². The van der Waals surface area contributed by atoms with Gasteiger partial charge >= 0.3 is 0 Å². The molecule has 1 rings (SSSR count). The lowest BCUT2D eigenvalue weighted by Crippen LogP contribution is -3.18. The normalized spacial score (nSPS) is 11.1. The summed E-state index contributed by atoms with van der Waals surface area (Å²) in [7, 11) is 0. The summed E-state index contributed by atoms with van der Waals surface area (Å²) in [4.78, 5) is 1.52. The maximum Gasteiger partial charge on any atom is 0.154 e. The lowest BCUT2D eigenvalue weighted by molar-refractivity contribution is -0.935. The molecule has 1 N–H and O–H groups in total. The fraction of sp³-hybridized carbons (Fsp3) is 0.467. The van der Waals surface area contributed by atoms with Gasteiger partial charge in [-0.1, -0.05) is 24.1 Å². The molecule has 86 valence electrons. The van der Waals surface area contributed by atoms with E-state index < -0.39 is 0 Å². The molecule has 0 aliphatic carbocycles. The number of nitrogens with one attached hydrogen (secondary N) is 1. The summed E-state index contributed by atoms with van der Waals surface area (Å²) in [5.74, 6) is 6.65. The Labute approximate surface area is 99.5 Å². The standard InChI is InChI=1S/C15H21N/c1-5-16(6-2)15(3,4)13-12-14-10-8-7-9-11-14/h7-11H,5-6H2,1-4H3/p+1. The van der Waals surface area contributed by atoms with E-state index in [1.165, 1.54) is 4.90 Å². The van der Waals surface area contributed by atoms with Crippen LogP contribution in [0.25, 0.3) is 0 Å². The van der Waals surface area contributed by atoms with Crippen LogP contribution < -0.4 is 4.90 Å². The molecule has 0 saturated heterocycles. The van der Waals surface area contributed by atoms with Gasteiger partial charge in [-0.2, -0.15) is 0 Å². The van der Waals surface area contributed by atoms with E-state index in [0.29, 0.717) is 0 Å². The maximum absolute atomic E-state index is 3.39. The molecule has 1 aromatic carbocycles. The molecule has 0 amide bonds. The van der Waals surface area contributed by atoms with Gasteiger partial charge in [0.05, 0.1) is 13.1 Å². The predicted molar refractivity (Wildman–Crippen MR) is 69.4 cm³/mol. The summed E-state index contributed by atoms with van der Waals surface area (Å²) >= 11 is 0. The van der Waals surface area contributed by atoms with Crippen LogP contribution in [0, 0.1) is 11.8 Å². The van der Waals surface area contributed by atoms with Gasteiger partial charge in [0.2, 0.25) is 0 Å². The van der Waals surface area contributed by atoms with Crippen LogP contribution in [0.4, 0.5) is 0 Å². The minimum absolute atomic E-state index is 0.0271. The van der Waals surface area contributed by atoms with Crippen LogP contribution >= 0.6 is 0 Å². The van der Waals surface area contributed by atoms with Crippen molar-refractivity contribution in [1.82, 2.24) is 0 Å². The van der Waals surface area contributed by atoms with E-state index in [4.69, 9.17) is 0 Å². The Morgan fingerprint density at radius 1 is 1.06 bits per heavy atom. The third-order valence-electron chi connectivity index (χ3n) is 3.03. The van der Waals surface area contributed by atoms with Crippen LogP contribution in [-0.2, 0) is 0 Å². The second-order valence-corrected chi connectivity index (χ2v) is 4.55. The molecular formula is C15H22N+. The van der Waals surface area contributed by atoms with Crippen molar-refractivity contribution in [2.45, 2.75) is 33.2 Å². The van der Waals surface area contributed by atoms with Gasteiger partial charge in [-0.25, -0.2) is 0 Å². The third-order valence-corrected chi connectivity index (χ3v) is 3.03. The topological polar surface area (TPSA) is 4.44 Å². The van der Waals surface area contributed by atoms with E-state index in [2.05, 4.69) is 51.7 Å². The fourth-order valence-electron chi connectivity index (χ4n) is 1.97. The highest BCUT2D eigenvalue weighted by atomic mass is 15.2. The highest BCUT2D eigenvalue weighted by molar-refractivity contribution is 5.35. The fourth-order valence-corrected chi connectivity index (χ4v) is 1.97. The number of hydrogen-bond donors (Lipinski definition) is 1. The molecular weight excluding hydrogens is 194 g/mol. The van der Waals surface area contributed by atoms with E-state index in [-0.39, 0.29) is 5.54 Å². The van der Waals surface area contributed by atoms with Crippen LogP contribution in [-0.4, -0.2) is 18.6 Å². The van der Waals surface area contributed by atoms with Crippen LogP contribution in [0.15, 0.2) is 30.3 Å². The molecule has 0 aromatic heterocycles. The molecule has 0 unspecified atom stereocenters. The van der Waals surface area contributed by atoms with E-state index in [1.54, 1.807) is 0 Å². The van der Waals surface area contributed by atoms with Gasteiger partial charge in [-0.15, -0.1) is 0 Å². The molecule has 1 aromatic rings. The summed E-state index contributed by atoms with van der Waals surface area (Å²) in [6.45, 7) is 11.1. The first kappa shape index (κ1) is 12.8. The lowest BCUT2D eigenvalue weighted by atomic mass is 10.0.